The Balaban J connectivity index is 1.90. The minimum Gasteiger partial charge on any atom is -0.497 e. The van der Waals surface area contributed by atoms with Crippen molar-refractivity contribution in [1.29, 1.82) is 0 Å². The monoisotopic (exact) mass is 377 g/mol. The smallest absolute Gasteiger partial charge is 0.255 e. The molecule has 7 heteroatoms. The predicted octanol–water partition coefficient (Wildman–Crippen LogP) is 3.90. The number of hydrogen-bond acceptors (Lipinski definition) is 5. The molecule has 0 aliphatic rings. The summed E-state index contributed by atoms with van der Waals surface area (Å²) in [5, 5.41) is 3.36. The van der Waals surface area contributed by atoms with Crippen molar-refractivity contribution in [3.8, 4) is 5.75 Å². The number of aromatic nitrogens is 1. The van der Waals surface area contributed by atoms with Gasteiger partial charge in [0.15, 0.2) is 5.13 Å². The number of thiazole rings is 1. The van der Waals surface area contributed by atoms with Crippen LogP contribution in [-0.2, 0) is 0 Å². The maximum Gasteiger partial charge on any atom is 0.255 e. The van der Waals surface area contributed by atoms with Crippen molar-refractivity contribution in [3.05, 3.63) is 46.4 Å². The molecule has 22 heavy (non-hydrogen) atoms. The van der Waals surface area contributed by atoms with Crippen LogP contribution in [0.15, 0.2) is 40.9 Å². The molecule has 112 valence electrons. The summed E-state index contributed by atoms with van der Waals surface area (Å²) in [6, 6.07) is 10.6. The molecule has 5 nitrogen and oxygen atoms in total. The van der Waals surface area contributed by atoms with Crippen LogP contribution in [-0.4, -0.2) is 18.0 Å². The first-order valence-electron chi connectivity index (χ1n) is 6.38. The van der Waals surface area contributed by atoms with E-state index in [0.717, 1.165) is 14.7 Å². The molecule has 0 fully saturated rings. The van der Waals surface area contributed by atoms with E-state index in [9.17, 15) is 4.79 Å². The third-order valence-electron chi connectivity index (χ3n) is 3.05. The van der Waals surface area contributed by atoms with E-state index in [1.165, 1.54) is 11.3 Å². The van der Waals surface area contributed by atoms with Crippen molar-refractivity contribution in [2.24, 2.45) is 0 Å². The van der Waals surface area contributed by atoms with Crippen LogP contribution in [0.2, 0.25) is 0 Å². The summed E-state index contributed by atoms with van der Waals surface area (Å²) in [5.74, 6) is 0.433. The summed E-state index contributed by atoms with van der Waals surface area (Å²) in [7, 11) is 1.57. The summed E-state index contributed by atoms with van der Waals surface area (Å²) in [6.07, 6.45) is 0. The number of amides is 1. The van der Waals surface area contributed by atoms with Crippen molar-refractivity contribution in [2.45, 2.75) is 0 Å². The van der Waals surface area contributed by atoms with Gasteiger partial charge in [0.05, 0.1) is 17.3 Å². The van der Waals surface area contributed by atoms with Crippen LogP contribution in [0.1, 0.15) is 10.4 Å². The molecule has 0 spiro atoms. The van der Waals surface area contributed by atoms with Crippen LogP contribution in [0.25, 0.3) is 10.2 Å². The normalized spacial score (nSPS) is 10.6. The SMILES string of the molecule is COc1cccc(C(=O)Nc2cc(Br)c3nc(N)sc3c2)c1. The fourth-order valence-electron chi connectivity index (χ4n) is 2.05. The van der Waals surface area contributed by atoms with Gasteiger partial charge in [0.1, 0.15) is 5.75 Å². The number of nitrogens with two attached hydrogens (primary N) is 1. The van der Waals surface area contributed by atoms with Crippen LogP contribution in [0, 0.1) is 0 Å². The van der Waals surface area contributed by atoms with Gasteiger partial charge in [-0.3, -0.25) is 4.79 Å². The number of nitrogens with one attached hydrogen (secondary N) is 1. The summed E-state index contributed by atoms with van der Waals surface area (Å²) in [5.41, 5.74) is 7.72. The molecule has 3 aromatic rings. The van der Waals surface area contributed by atoms with Gasteiger partial charge >= 0.3 is 0 Å². The number of carbonyl (C=O) groups excluding carboxylic acids is 1. The van der Waals surface area contributed by atoms with Crippen molar-refractivity contribution < 1.29 is 9.53 Å². The Morgan fingerprint density at radius 1 is 1.36 bits per heavy atom. The van der Waals surface area contributed by atoms with Crippen LogP contribution in [0.5, 0.6) is 5.75 Å². The molecule has 3 N–H and O–H groups in total. The Hall–Kier alpha value is -2.12. The lowest BCUT2D eigenvalue weighted by atomic mass is 10.2. The molecular weight excluding hydrogens is 366 g/mol. The molecule has 0 saturated carbocycles. The van der Waals surface area contributed by atoms with Crippen molar-refractivity contribution in [3.63, 3.8) is 0 Å². The maximum absolute atomic E-state index is 12.3. The highest BCUT2D eigenvalue weighted by atomic mass is 79.9. The zero-order valence-electron chi connectivity index (χ0n) is 11.6. The van der Waals surface area contributed by atoms with Gasteiger partial charge in [-0.25, -0.2) is 4.98 Å². The van der Waals surface area contributed by atoms with E-state index in [1.807, 2.05) is 6.07 Å². The molecule has 1 heterocycles. The number of nitrogen functional groups attached to an aromatic ring is 1. The molecular formula is C15H12BrN3O2S. The van der Waals surface area contributed by atoms with E-state index in [1.54, 1.807) is 37.4 Å². The molecule has 3 rings (SSSR count). The highest BCUT2D eigenvalue weighted by Gasteiger charge is 2.11. The second-order valence-corrected chi connectivity index (χ2v) is 6.46. The zero-order valence-corrected chi connectivity index (χ0v) is 14.0. The number of halogens is 1. The topological polar surface area (TPSA) is 77.2 Å². The Morgan fingerprint density at radius 3 is 2.95 bits per heavy atom. The predicted molar refractivity (Wildman–Crippen MR) is 92.7 cm³/mol. The third-order valence-corrected chi connectivity index (χ3v) is 4.49. The lowest BCUT2D eigenvalue weighted by Gasteiger charge is -2.07. The molecule has 0 bridgehead atoms. The van der Waals surface area contributed by atoms with E-state index < -0.39 is 0 Å². The first-order chi connectivity index (χ1) is 10.6. The number of methoxy groups -OCH3 is 1. The van der Waals surface area contributed by atoms with Gasteiger partial charge in [0, 0.05) is 15.7 Å². The first kappa shape index (κ1) is 14.8. The molecule has 0 radical (unpaired) electrons. The number of ether oxygens (including phenoxy) is 1. The molecule has 2 aromatic carbocycles. The standard InChI is InChI=1S/C15H12BrN3O2S/c1-21-10-4-2-3-8(5-10)14(20)18-9-6-11(16)13-12(7-9)22-15(17)19-13/h2-7H,1H3,(H2,17,19)(H,18,20). The average molecular weight is 378 g/mol. The third kappa shape index (κ3) is 2.90. The number of hydrogen-bond donors (Lipinski definition) is 2. The molecule has 1 aromatic heterocycles. The Labute approximate surface area is 139 Å². The average Bonchev–Trinajstić information content (AvgIpc) is 2.88. The van der Waals surface area contributed by atoms with Crippen molar-refractivity contribution >= 4 is 54.2 Å². The van der Waals surface area contributed by atoms with Gasteiger partial charge in [0.2, 0.25) is 0 Å². The van der Waals surface area contributed by atoms with E-state index in [-0.39, 0.29) is 5.91 Å². The second-order valence-electron chi connectivity index (χ2n) is 4.54. The minimum absolute atomic E-state index is 0.206. The molecule has 0 unspecified atom stereocenters. The Morgan fingerprint density at radius 2 is 2.18 bits per heavy atom. The number of rotatable bonds is 3. The van der Waals surface area contributed by atoms with Gasteiger partial charge in [0.25, 0.3) is 5.91 Å². The second kappa shape index (κ2) is 5.94. The maximum atomic E-state index is 12.3. The number of benzene rings is 2. The van der Waals surface area contributed by atoms with Crippen LogP contribution >= 0.6 is 27.3 Å². The molecule has 0 atom stereocenters. The number of nitrogens with zero attached hydrogens (tertiary/aromatic N) is 1. The fourth-order valence-corrected chi connectivity index (χ4v) is 3.53. The first-order valence-corrected chi connectivity index (χ1v) is 7.99. The highest BCUT2D eigenvalue weighted by Crippen LogP contribution is 2.33. The lowest BCUT2D eigenvalue weighted by Crippen LogP contribution is -2.11. The molecule has 0 aliphatic carbocycles. The van der Waals surface area contributed by atoms with E-state index in [0.29, 0.717) is 22.1 Å². The van der Waals surface area contributed by atoms with Gasteiger partial charge in [-0.1, -0.05) is 17.4 Å². The number of carbonyl (C=O) groups is 1. The van der Waals surface area contributed by atoms with E-state index in [2.05, 4.69) is 26.2 Å². The lowest BCUT2D eigenvalue weighted by molar-refractivity contribution is 0.102. The quantitative estimate of drug-likeness (QED) is 0.725. The number of anilines is 2. The highest BCUT2D eigenvalue weighted by molar-refractivity contribution is 9.10. The zero-order chi connectivity index (χ0) is 15.7. The number of fused-ring (bicyclic) bond motifs is 1. The van der Waals surface area contributed by atoms with Gasteiger partial charge in [-0.2, -0.15) is 0 Å². The van der Waals surface area contributed by atoms with Gasteiger partial charge < -0.3 is 15.8 Å². The van der Waals surface area contributed by atoms with E-state index >= 15 is 0 Å². The van der Waals surface area contributed by atoms with Crippen LogP contribution < -0.4 is 15.8 Å². The summed E-state index contributed by atoms with van der Waals surface area (Å²) >= 11 is 4.82. The molecule has 1 amide bonds. The Kier molecular flexibility index (Phi) is 4.00. The van der Waals surface area contributed by atoms with E-state index in [4.69, 9.17) is 10.5 Å². The summed E-state index contributed by atoms with van der Waals surface area (Å²) in [4.78, 5) is 16.5. The van der Waals surface area contributed by atoms with Gasteiger partial charge in [-0.15, -0.1) is 0 Å². The Bertz CT molecular complexity index is 863. The van der Waals surface area contributed by atoms with Gasteiger partial charge in [-0.05, 0) is 46.3 Å². The molecule has 0 aliphatic heterocycles. The van der Waals surface area contributed by atoms with Crippen molar-refractivity contribution in [2.75, 3.05) is 18.2 Å². The fraction of sp³-hybridized carbons (Fsp3) is 0.0667. The largest absolute Gasteiger partial charge is 0.497 e. The summed E-state index contributed by atoms with van der Waals surface area (Å²) < 4.78 is 6.83. The minimum atomic E-state index is -0.206. The summed E-state index contributed by atoms with van der Waals surface area (Å²) in [6.45, 7) is 0. The van der Waals surface area contributed by atoms with Crippen molar-refractivity contribution in [1.82, 2.24) is 4.98 Å². The van der Waals surface area contributed by atoms with Crippen LogP contribution in [0.3, 0.4) is 0 Å². The van der Waals surface area contributed by atoms with Crippen LogP contribution in [0.4, 0.5) is 10.8 Å². The molecule has 0 saturated heterocycles.